The third-order valence-electron chi connectivity index (χ3n) is 4.49. The van der Waals surface area contributed by atoms with Gasteiger partial charge >= 0.3 is 0 Å². The first-order valence-corrected chi connectivity index (χ1v) is 9.22. The summed E-state index contributed by atoms with van der Waals surface area (Å²) in [5.41, 5.74) is 8.06. The normalized spacial score (nSPS) is 19.0. The number of carbonyl (C=O) groups excluding carboxylic acids is 1. The number of nitrogens with one attached hydrogen (secondary N) is 3. The smallest absolute Gasteiger partial charge is 0.238 e. The number of hydrogen-bond donors (Lipinski definition) is 3. The minimum Gasteiger partial charge on any atom is -0.497 e. The lowest BCUT2D eigenvalue weighted by Crippen LogP contribution is -2.42. The number of amides is 1. The summed E-state index contributed by atoms with van der Waals surface area (Å²) in [4.78, 5) is 12.5. The van der Waals surface area contributed by atoms with Crippen molar-refractivity contribution in [2.45, 2.75) is 25.0 Å². The molecule has 3 N–H and O–H groups in total. The number of hydrazine groups is 1. The second-order valence-electron chi connectivity index (χ2n) is 6.20. The van der Waals surface area contributed by atoms with Crippen LogP contribution in [0.4, 0.5) is 0 Å². The second kappa shape index (κ2) is 8.80. The summed E-state index contributed by atoms with van der Waals surface area (Å²) < 4.78 is 10.7. The van der Waals surface area contributed by atoms with E-state index in [1.54, 1.807) is 26.4 Å². The van der Waals surface area contributed by atoms with Crippen molar-refractivity contribution in [3.05, 3.63) is 57.6 Å². The predicted octanol–water partition coefficient (Wildman–Crippen LogP) is 3.23. The average molecular weight is 410 g/mol. The highest BCUT2D eigenvalue weighted by Crippen LogP contribution is 2.33. The molecular formula is C19H21Cl2N3O3. The molecule has 0 saturated carbocycles. The minimum absolute atomic E-state index is 0.0495. The molecule has 8 heteroatoms. The summed E-state index contributed by atoms with van der Waals surface area (Å²) in [6.07, 6.45) is 0.593. The maximum atomic E-state index is 12.5. The Morgan fingerprint density at radius 2 is 1.93 bits per heavy atom. The molecule has 0 bridgehead atoms. The van der Waals surface area contributed by atoms with Gasteiger partial charge in [0.2, 0.25) is 5.91 Å². The molecule has 0 radical (unpaired) electrons. The number of ether oxygens (including phenoxy) is 2. The van der Waals surface area contributed by atoms with Gasteiger partial charge in [0.05, 0.1) is 30.3 Å². The molecule has 0 aromatic heterocycles. The van der Waals surface area contributed by atoms with Crippen molar-refractivity contribution in [1.82, 2.24) is 16.2 Å². The summed E-state index contributed by atoms with van der Waals surface area (Å²) in [6.45, 7) is 0.379. The lowest BCUT2D eigenvalue weighted by atomic mass is 10.0. The zero-order valence-electron chi connectivity index (χ0n) is 15.0. The van der Waals surface area contributed by atoms with Crippen molar-refractivity contribution < 1.29 is 14.3 Å². The third-order valence-corrected chi connectivity index (χ3v) is 5.23. The van der Waals surface area contributed by atoms with Crippen molar-refractivity contribution >= 4 is 29.1 Å². The van der Waals surface area contributed by atoms with Gasteiger partial charge in [-0.1, -0.05) is 35.3 Å². The van der Waals surface area contributed by atoms with Crippen LogP contribution < -0.4 is 25.6 Å². The molecule has 2 unspecified atom stereocenters. The van der Waals surface area contributed by atoms with Crippen LogP contribution in [0.15, 0.2) is 36.4 Å². The Bertz CT molecular complexity index is 832. The van der Waals surface area contributed by atoms with Crippen LogP contribution in [0.2, 0.25) is 10.0 Å². The van der Waals surface area contributed by atoms with Crippen LogP contribution in [-0.2, 0) is 11.3 Å². The van der Waals surface area contributed by atoms with E-state index in [2.05, 4.69) is 16.2 Å². The van der Waals surface area contributed by atoms with Gasteiger partial charge in [-0.2, -0.15) is 0 Å². The van der Waals surface area contributed by atoms with E-state index in [0.717, 1.165) is 16.9 Å². The molecular weight excluding hydrogens is 389 g/mol. The van der Waals surface area contributed by atoms with Crippen molar-refractivity contribution in [3.8, 4) is 11.5 Å². The molecule has 1 saturated heterocycles. The lowest BCUT2D eigenvalue weighted by molar-refractivity contribution is -0.123. The van der Waals surface area contributed by atoms with Crippen molar-refractivity contribution in [3.63, 3.8) is 0 Å². The number of benzene rings is 2. The standard InChI is InChI=1S/C19H21Cl2N3O3/c1-26-12-4-5-13(18(8-12)27-2)16-9-17(24-23-16)19(25)22-10-11-3-6-14(20)15(21)7-11/h3-8,16-17,23-24H,9-10H2,1-2H3,(H,22,25). The first-order chi connectivity index (χ1) is 13.0. The Morgan fingerprint density at radius 3 is 2.63 bits per heavy atom. The highest BCUT2D eigenvalue weighted by atomic mass is 35.5. The quantitative estimate of drug-likeness (QED) is 0.682. The predicted molar refractivity (Wildman–Crippen MR) is 105 cm³/mol. The van der Waals surface area contributed by atoms with Gasteiger partial charge in [0.25, 0.3) is 0 Å². The van der Waals surface area contributed by atoms with Gasteiger partial charge < -0.3 is 14.8 Å². The molecule has 2 aromatic carbocycles. The van der Waals surface area contributed by atoms with Crippen LogP contribution >= 0.6 is 23.2 Å². The Kier molecular flexibility index (Phi) is 6.44. The summed E-state index contributed by atoms with van der Waals surface area (Å²) in [6, 6.07) is 10.5. The Morgan fingerprint density at radius 1 is 1.11 bits per heavy atom. The molecule has 1 aliphatic heterocycles. The fraction of sp³-hybridized carbons (Fsp3) is 0.316. The maximum Gasteiger partial charge on any atom is 0.238 e. The van der Waals surface area contributed by atoms with Crippen LogP contribution in [-0.4, -0.2) is 26.2 Å². The topological polar surface area (TPSA) is 71.6 Å². The van der Waals surface area contributed by atoms with Crippen LogP contribution in [0, 0.1) is 0 Å². The van der Waals surface area contributed by atoms with E-state index in [1.165, 1.54) is 0 Å². The molecule has 1 heterocycles. The molecule has 1 aliphatic rings. The first-order valence-electron chi connectivity index (χ1n) is 8.46. The molecule has 6 nitrogen and oxygen atoms in total. The van der Waals surface area contributed by atoms with E-state index in [4.69, 9.17) is 32.7 Å². The Balaban J connectivity index is 1.60. The van der Waals surface area contributed by atoms with Crippen LogP contribution in [0.25, 0.3) is 0 Å². The van der Waals surface area contributed by atoms with Crippen LogP contribution in [0.1, 0.15) is 23.6 Å². The zero-order chi connectivity index (χ0) is 19.4. The highest BCUT2D eigenvalue weighted by Gasteiger charge is 2.31. The molecule has 0 aliphatic carbocycles. The number of hydrogen-bond acceptors (Lipinski definition) is 5. The molecule has 1 amide bonds. The molecule has 3 rings (SSSR count). The number of rotatable bonds is 6. The van der Waals surface area contributed by atoms with E-state index < -0.39 is 0 Å². The van der Waals surface area contributed by atoms with Gasteiger partial charge in [-0.05, 0) is 30.2 Å². The average Bonchev–Trinajstić information content (AvgIpc) is 3.18. The van der Waals surface area contributed by atoms with Gasteiger partial charge in [0.1, 0.15) is 17.5 Å². The van der Waals surface area contributed by atoms with Gasteiger partial charge in [-0.25, -0.2) is 10.9 Å². The zero-order valence-corrected chi connectivity index (χ0v) is 16.5. The molecule has 1 fully saturated rings. The monoisotopic (exact) mass is 409 g/mol. The first kappa shape index (κ1) is 19.8. The van der Waals surface area contributed by atoms with Crippen molar-refractivity contribution in [1.29, 1.82) is 0 Å². The van der Waals surface area contributed by atoms with Gasteiger partial charge in [-0.3, -0.25) is 4.79 Å². The fourth-order valence-corrected chi connectivity index (χ4v) is 3.32. The Labute approximate surface area is 168 Å². The third kappa shape index (κ3) is 4.65. The summed E-state index contributed by atoms with van der Waals surface area (Å²) in [5.74, 6) is 1.34. The van der Waals surface area contributed by atoms with Crippen LogP contribution in [0.5, 0.6) is 11.5 Å². The number of carbonyl (C=O) groups is 1. The molecule has 0 spiro atoms. The second-order valence-corrected chi connectivity index (χ2v) is 7.02. The van der Waals surface area contributed by atoms with E-state index >= 15 is 0 Å². The lowest BCUT2D eigenvalue weighted by Gasteiger charge is -2.15. The van der Waals surface area contributed by atoms with Crippen molar-refractivity contribution in [2.75, 3.05) is 14.2 Å². The van der Waals surface area contributed by atoms with Gasteiger partial charge in [-0.15, -0.1) is 0 Å². The van der Waals surface area contributed by atoms with Gasteiger partial charge in [0.15, 0.2) is 0 Å². The molecule has 27 heavy (non-hydrogen) atoms. The molecule has 144 valence electrons. The Hall–Kier alpha value is -1.99. The van der Waals surface area contributed by atoms with E-state index in [1.807, 2.05) is 24.3 Å². The fourth-order valence-electron chi connectivity index (χ4n) is 3.00. The summed E-state index contributed by atoms with van der Waals surface area (Å²) in [5, 5.41) is 3.87. The molecule has 2 atom stereocenters. The van der Waals surface area contributed by atoms with Crippen molar-refractivity contribution in [2.24, 2.45) is 0 Å². The van der Waals surface area contributed by atoms with Crippen LogP contribution in [0.3, 0.4) is 0 Å². The number of methoxy groups -OCH3 is 2. The largest absolute Gasteiger partial charge is 0.497 e. The maximum absolute atomic E-state index is 12.5. The SMILES string of the molecule is COc1ccc(C2CC(C(=O)NCc3ccc(Cl)c(Cl)c3)NN2)c(OC)c1. The minimum atomic E-state index is -0.357. The summed E-state index contributed by atoms with van der Waals surface area (Å²) in [7, 11) is 3.22. The molecule has 2 aromatic rings. The van der Waals surface area contributed by atoms with E-state index in [0.29, 0.717) is 28.8 Å². The number of halogens is 2. The van der Waals surface area contributed by atoms with E-state index in [9.17, 15) is 4.79 Å². The van der Waals surface area contributed by atoms with E-state index in [-0.39, 0.29) is 18.0 Å². The highest BCUT2D eigenvalue weighted by molar-refractivity contribution is 6.42. The summed E-state index contributed by atoms with van der Waals surface area (Å²) >= 11 is 11.9. The van der Waals surface area contributed by atoms with Gasteiger partial charge in [0, 0.05) is 18.2 Å².